The van der Waals surface area contributed by atoms with Gasteiger partial charge in [-0.25, -0.2) is 4.79 Å². The number of amides is 2. The summed E-state index contributed by atoms with van der Waals surface area (Å²) in [4.78, 5) is 23.9. The van der Waals surface area contributed by atoms with Gasteiger partial charge in [-0.1, -0.05) is 20.3 Å². The van der Waals surface area contributed by atoms with Crippen LogP contribution in [0.1, 0.15) is 46.5 Å². The molecule has 2 N–H and O–H groups in total. The number of urea groups is 1. The highest BCUT2D eigenvalue weighted by Gasteiger charge is 2.13. The lowest BCUT2D eigenvalue weighted by Crippen LogP contribution is -2.43. The molecule has 0 heterocycles. The number of carboxylic acid groups (broad SMARTS) is 1. The summed E-state index contributed by atoms with van der Waals surface area (Å²) in [7, 11) is 1.78. The molecule has 0 aromatic heterocycles. The van der Waals surface area contributed by atoms with Crippen molar-refractivity contribution in [3.05, 3.63) is 0 Å². The van der Waals surface area contributed by atoms with Crippen LogP contribution in [-0.2, 0) is 4.79 Å². The normalized spacial score (nSPS) is 13.8. The highest BCUT2D eigenvalue weighted by Crippen LogP contribution is 2.04. The molecule has 0 rings (SSSR count). The number of aliphatic carboxylic acids is 1. The summed E-state index contributed by atoms with van der Waals surface area (Å²) in [5.41, 5.74) is 0. The van der Waals surface area contributed by atoms with Crippen LogP contribution in [0, 0.1) is 5.92 Å². The molecule has 2 atom stereocenters. The molecule has 18 heavy (non-hydrogen) atoms. The van der Waals surface area contributed by atoms with E-state index in [0.29, 0.717) is 18.8 Å². The quantitative estimate of drug-likeness (QED) is 0.702. The maximum absolute atomic E-state index is 11.8. The summed E-state index contributed by atoms with van der Waals surface area (Å²) in [6, 6.07) is -0.0747. The summed E-state index contributed by atoms with van der Waals surface area (Å²) < 4.78 is 0. The molecule has 106 valence electrons. The van der Waals surface area contributed by atoms with Crippen LogP contribution in [0.5, 0.6) is 0 Å². The third-order valence-electron chi connectivity index (χ3n) is 3.03. The van der Waals surface area contributed by atoms with Crippen LogP contribution in [0.25, 0.3) is 0 Å². The first kappa shape index (κ1) is 16.7. The second-order valence-electron chi connectivity index (χ2n) is 5.03. The highest BCUT2D eigenvalue weighted by atomic mass is 16.4. The minimum atomic E-state index is -0.789. The summed E-state index contributed by atoms with van der Waals surface area (Å²) >= 11 is 0. The van der Waals surface area contributed by atoms with Gasteiger partial charge in [-0.3, -0.25) is 4.79 Å². The van der Waals surface area contributed by atoms with Gasteiger partial charge in [-0.15, -0.1) is 0 Å². The molecule has 0 aliphatic carbocycles. The molecule has 0 aromatic rings. The Labute approximate surface area is 110 Å². The highest BCUT2D eigenvalue weighted by molar-refractivity contribution is 5.74. The molecule has 0 aliphatic rings. The van der Waals surface area contributed by atoms with E-state index >= 15 is 0 Å². The van der Waals surface area contributed by atoms with E-state index in [0.717, 1.165) is 13.0 Å². The van der Waals surface area contributed by atoms with Crippen LogP contribution < -0.4 is 5.32 Å². The Morgan fingerprint density at radius 3 is 2.44 bits per heavy atom. The number of carboxylic acids is 1. The molecule has 0 aromatic carbocycles. The molecular weight excluding hydrogens is 232 g/mol. The first-order valence-corrected chi connectivity index (χ1v) is 6.60. The van der Waals surface area contributed by atoms with E-state index in [1.54, 1.807) is 11.9 Å². The van der Waals surface area contributed by atoms with Gasteiger partial charge in [0.1, 0.15) is 0 Å². The summed E-state index contributed by atoms with van der Waals surface area (Å²) in [6.45, 7) is 6.85. The zero-order valence-corrected chi connectivity index (χ0v) is 11.9. The number of carbonyl (C=O) groups is 2. The van der Waals surface area contributed by atoms with E-state index in [4.69, 9.17) is 5.11 Å². The van der Waals surface area contributed by atoms with Crippen molar-refractivity contribution in [2.45, 2.75) is 52.5 Å². The van der Waals surface area contributed by atoms with Gasteiger partial charge in [-0.05, 0) is 25.7 Å². The van der Waals surface area contributed by atoms with Crippen LogP contribution >= 0.6 is 0 Å². The van der Waals surface area contributed by atoms with Gasteiger partial charge < -0.3 is 15.3 Å². The minimum absolute atomic E-state index is 0.0104. The van der Waals surface area contributed by atoms with Gasteiger partial charge in [0, 0.05) is 26.1 Å². The Morgan fingerprint density at radius 1 is 1.33 bits per heavy atom. The largest absolute Gasteiger partial charge is 0.481 e. The van der Waals surface area contributed by atoms with E-state index in [9.17, 15) is 9.59 Å². The molecule has 5 heteroatoms. The van der Waals surface area contributed by atoms with Crippen molar-refractivity contribution in [3.63, 3.8) is 0 Å². The molecule has 0 aliphatic heterocycles. The van der Waals surface area contributed by atoms with Gasteiger partial charge in [-0.2, -0.15) is 0 Å². The van der Waals surface area contributed by atoms with Crippen LogP contribution in [0.4, 0.5) is 4.79 Å². The Balaban J connectivity index is 3.88. The second kappa shape index (κ2) is 8.78. The predicted octanol–water partition coefficient (Wildman–Crippen LogP) is 2.32. The average molecular weight is 258 g/mol. The Morgan fingerprint density at radius 2 is 1.94 bits per heavy atom. The van der Waals surface area contributed by atoms with Crippen molar-refractivity contribution in [2.75, 3.05) is 13.6 Å². The van der Waals surface area contributed by atoms with Crippen molar-refractivity contribution in [1.29, 1.82) is 0 Å². The van der Waals surface area contributed by atoms with Crippen LogP contribution in [0.2, 0.25) is 0 Å². The van der Waals surface area contributed by atoms with Crippen molar-refractivity contribution < 1.29 is 14.7 Å². The molecule has 0 fully saturated rings. The number of rotatable bonds is 8. The van der Waals surface area contributed by atoms with Gasteiger partial charge in [0.15, 0.2) is 0 Å². The van der Waals surface area contributed by atoms with Crippen molar-refractivity contribution in [2.24, 2.45) is 5.92 Å². The number of nitrogens with one attached hydrogen (secondary N) is 1. The van der Waals surface area contributed by atoms with Gasteiger partial charge in [0.25, 0.3) is 0 Å². The Hall–Kier alpha value is -1.26. The SMILES string of the molecule is CCC(C)CN(C)C(=O)NC(C)CCCC(=O)O. The number of carbonyl (C=O) groups excluding carboxylic acids is 1. The van der Waals surface area contributed by atoms with Gasteiger partial charge in [0.05, 0.1) is 0 Å². The number of nitrogens with zero attached hydrogens (tertiary/aromatic N) is 1. The van der Waals surface area contributed by atoms with E-state index < -0.39 is 5.97 Å². The maximum atomic E-state index is 11.8. The molecular formula is C13H26N2O3. The molecule has 0 spiro atoms. The molecule has 0 saturated carbocycles. The minimum Gasteiger partial charge on any atom is -0.481 e. The summed E-state index contributed by atoms with van der Waals surface area (Å²) in [5, 5.41) is 11.4. The fourth-order valence-corrected chi connectivity index (χ4v) is 1.63. The average Bonchev–Trinajstić information content (AvgIpc) is 2.27. The third-order valence-corrected chi connectivity index (χ3v) is 3.03. The van der Waals surface area contributed by atoms with E-state index in [1.165, 1.54) is 0 Å². The third kappa shape index (κ3) is 7.92. The molecule has 0 bridgehead atoms. The Bertz CT molecular complexity index is 269. The monoisotopic (exact) mass is 258 g/mol. The molecule has 2 amide bonds. The lowest BCUT2D eigenvalue weighted by molar-refractivity contribution is -0.137. The van der Waals surface area contributed by atoms with Crippen LogP contribution in [-0.4, -0.2) is 41.6 Å². The van der Waals surface area contributed by atoms with E-state index in [1.807, 2.05) is 6.92 Å². The summed E-state index contributed by atoms with van der Waals surface area (Å²) in [5.74, 6) is -0.300. The second-order valence-corrected chi connectivity index (χ2v) is 5.03. The predicted molar refractivity (Wildman–Crippen MR) is 71.6 cm³/mol. The zero-order valence-electron chi connectivity index (χ0n) is 11.9. The van der Waals surface area contributed by atoms with Gasteiger partial charge >= 0.3 is 12.0 Å². The summed E-state index contributed by atoms with van der Waals surface area (Å²) in [6.07, 6.45) is 2.48. The first-order chi connectivity index (χ1) is 8.36. The Kier molecular flexibility index (Phi) is 8.16. The number of hydrogen-bond acceptors (Lipinski definition) is 2. The molecule has 5 nitrogen and oxygen atoms in total. The molecule has 0 radical (unpaired) electrons. The van der Waals surface area contributed by atoms with Crippen molar-refractivity contribution >= 4 is 12.0 Å². The smallest absolute Gasteiger partial charge is 0.317 e. The molecule has 2 unspecified atom stereocenters. The number of hydrogen-bond donors (Lipinski definition) is 2. The topological polar surface area (TPSA) is 69.6 Å². The van der Waals surface area contributed by atoms with Crippen LogP contribution in [0.15, 0.2) is 0 Å². The fraction of sp³-hybridized carbons (Fsp3) is 0.846. The lowest BCUT2D eigenvalue weighted by Gasteiger charge is -2.23. The van der Waals surface area contributed by atoms with Crippen LogP contribution in [0.3, 0.4) is 0 Å². The zero-order chi connectivity index (χ0) is 14.1. The fourth-order valence-electron chi connectivity index (χ4n) is 1.63. The first-order valence-electron chi connectivity index (χ1n) is 6.60. The van der Waals surface area contributed by atoms with Gasteiger partial charge in [0.2, 0.25) is 0 Å². The van der Waals surface area contributed by atoms with E-state index in [2.05, 4.69) is 19.2 Å². The van der Waals surface area contributed by atoms with E-state index in [-0.39, 0.29) is 18.5 Å². The van der Waals surface area contributed by atoms with Crippen molar-refractivity contribution in [1.82, 2.24) is 10.2 Å². The van der Waals surface area contributed by atoms with Crippen molar-refractivity contribution in [3.8, 4) is 0 Å². The standard InChI is InChI=1S/C13H26N2O3/c1-5-10(2)9-15(4)13(18)14-11(3)7-6-8-12(16)17/h10-11H,5-9H2,1-4H3,(H,14,18)(H,16,17). The maximum Gasteiger partial charge on any atom is 0.317 e. The lowest BCUT2D eigenvalue weighted by atomic mass is 10.1. The molecule has 0 saturated heterocycles.